The Morgan fingerprint density at radius 2 is 1.87 bits per heavy atom. The highest BCUT2D eigenvalue weighted by atomic mass is 32.2. The van der Waals surface area contributed by atoms with Crippen LogP contribution in [0.3, 0.4) is 0 Å². The number of rotatable bonds is 9. The average Bonchev–Trinajstić information content (AvgIpc) is 3.43. The van der Waals surface area contributed by atoms with Crippen LogP contribution < -0.4 is 10.5 Å². The number of nitrogens with zero attached hydrogens (tertiary/aromatic N) is 5. The average molecular weight is 550 g/mol. The van der Waals surface area contributed by atoms with Gasteiger partial charge >= 0.3 is 0 Å². The van der Waals surface area contributed by atoms with Crippen LogP contribution in [-0.4, -0.2) is 63.8 Å². The fourth-order valence-corrected chi connectivity index (χ4v) is 4.83. The van der Waals surface area contributed by atoms with Crippen LogP contribution in [0.15, 0.2) is 67.4 Å². The molecule has 1 fully saturated rings. The zero-order valence-electron chi connectivity index (χ0n) is 21.5. The van der Waals surface area contributed by atoms with Crippen molar-refractivity contribution in [2.75, 3.05) is 43.8 Å². The first-order valence-corrected chi connectivity index (χ1v) is 13.7. The Hall–Kier alpha value is -3.80. The van der Waals surface area contributed by atoms with Crippen molar-refractivity contribution in [3.8, 4) is 22.4 Å². The van der Waals surface area contributed by atoms with Gasteiger partial charge in [-0.05, 0) is 29.8 Å². The van der Waals surface area contributed by atoms with Gasteiger partial charge in [0, 0.05) is 78.5 Å². The van der Waals surface area contributed by atoms with E-state index in [1.165, 1.54) is 18.1 Å². The van der Waals surface area contributed by atoms with Crippen LogP contribution in [0.5, 0.6) is 0 Å². The fourth-order valence-electron chi connectivity index (χ4n) is 4.48. The molecule has 8 nitrogen and oxygen atoms in total. The van der Waals surface area contributed by atoms with Crippen LogP contribution in [0.25, 0.3) is 28.0 Å². The van der Waals surface area contributed by atoms with Gasteiger partial charge in [-0.3, -0.25) is 19.5 Å². The Bertz CT molecular complexity index is 1450. The highest BCUT2D eigenvalue weighted by Crippen LogP contribution is 2.32. The number of morpholine rings is 1. The third-order valence-corrected chi connectivity index (χ3v) is 6.91. The first-order valence-electron chi connectivity index (χ1n) is 12.5. The summed E-state index contributed by atoms with van der Waals surface area (Å²) in [5.41, 5.74) is 11.3. The van der Waals surface area contributed by atoms with Gasteiger partial charge in [0.1, 0.15) is 11.5 Å². The van der Waals surface area contributed by atoms with Crippen LogP contribution in [0.2, 0.25) is 0 Å². The van der Waals surface area contributed by atoms with E-state index < -0.39 is 11.6 Å². The lowest BCUT2D eigenvalue weighted by Gasteiger charge is -2.26. The number of pyridine rings is 2. The molecule has 39 heavy (non-hydrogen) atoms. The van der Waals surface area contributed by atoms with Crippen molar-refractivity contribution < 1.29 is 13.5 Å². The van der Waals surface area contributed by atoms with Crippen molar-refractivity contribution in [2.24, 2.45) is 5.73 Å². The maximum atomic E-state index is 14.5. The lowest BCUT2D eigenvalue weighted by molar-refractivity contribution is 0.0360. The molecule has 0 bridgehead atoms. The molecule has 1 saturated heterocycles. The summed E-state index contributed by atoms with van der Waals surface area (Å²) >= 11 is 1.40. The van der Waals surface area contributed by atoms with E-state index in [-0.39, 0.29) is 5.69 Å². The monoisotopic (exact) mass is 549 g/mol. The first-order chi connectivity index (χ1) is 19.0. The second-order valence-corrected chi connectivity index (χ2v) is 9.66. The number of nitrogens with one attached hydrogen (secondary N) is 1. The van der Waals surface area contributed by atoms with E-state index in [4.69, 9.17) is 10.5 Å². The molecule has 0 amide bonds. The van der Waals surface area contributed by atoms with Gasteiger partial charge in [0.15, 0.2) is 5.82 Å². The standard InChI is InChI=1S/C28H29F2N7OS/c1-39-35-24-11-20(10-21(12-24)28-26(30)13-23(29)17-33-28)25(14-31)27-3-2-19(15-32-27)22-16-34-37(18-22)5-4-36-6-8-38-9-7-36/h2-3,10-18,35H,4-9,31H2,1H3. The molecule has 4 aromatic rings. The Labute approximate surface area is 230 Å². The highest BCUT2D eigenvalue weighted by molar-refractivity contribution is 7.99. The van der Waals surface area contributed by atoms with Crippen LogP contribution in [-0.2, 0) is 11.3 Å². The third kappa shape index (κ3) is 6.44. The molecule has 0 spiro atoms. The van der Waals surface area contributed by atoms with Gasteiger partial charge in [0.05, 0.1) is 37.8 Å². The van der Waals surface area contributed by atoms with Crippen molar-refractivity contribution >= 4 is 23.2 Å². The molecule has 1 aliphatic heterocycles. The first kappa shape index (κ1) is 26.8. The van der Waals surface area contributed by atoms with Crippen molar-refractivity contribution in [3.05, 3.63) is 90.3 Å². The van der Waals surface area contributed by atoms with E-state index in [0.29, 0.717) is 22.4 Å². The van der Waals surface area contributed by atoms with Crippen LogP contribution >= 0.6 is 11.9 Å². The van der Waals surface area contributed by atoms with Gasteiger partial charge in [-0.1, -0.05) is 18.0 Å². The van der Waals surface area contributed by atoms with Gasteiger partial charge < -0.3 is 15.2 Å². The number of hydrogen-bond acceptors (Lipinski definition) is 8. The maximum absolute atomic E-state index is 14.5. The van der Waals surface area contributed by atoms with Gasteiger partial charge in [-0.15, -0.1) is 0 Å². The fraction of sp³-hybridized carbons (Fsp3) is 0.250. The summed E-state index contributed by atoms with van der Waals surface area (Å²) in [4.78, 5) is 11.0. The van der Waals surface area contributed by atoms with E-state index in [1.54, 1.807) is 18.3 Å². The van der Waals surface area contributed by atoms with Crippen molar-refractivity contribution in [1.82, 2.24) is 24.6 Å². The van der Waals surface area contributed by atoms with E-state index in [1.807, 2.05) is 41.5 Å². The summed E-state index contributed by atoms with van der Waals surface area (Å²) in [6.07, 6.45) is 10.00. The molecular weight excluding hydrogens is 520 g/mol. The summed E-state index contributed by atoms with van der Waals surface area (Å²) in [5.74, 6) is -1.47. The smallest absolute Gasteiger partial charge is 0.152 e. The van der Waals surface area contributed by atoms with E-state index in [0.717, 1.165) is 68.5 Å². The molecule has 5 rings (SSSR count). The molecule has 0 atom stereocenters. The molecule has 3 aromatic heterocycles. The van der Waals surface area contributed by atoms with E-state index in [9.17, 15) is 8.78 Å². The molecule has 0 unspecified atom stereocenters. The second kappa shape index (κ2) is 12.4. The molecule has 0 radical (unpaired) electrons. The van der Waals surface area contributed by atoms with Gasteiger partial charge in [0.25, 0.3) is 0 Å². The van der Waals surface area contributed by atoms with Crippen LogP contribution in [0.1, 0.15) is 11.3 Å². The topological polar surface area (TPSA) is 94.1 Å². The molecule has 3 N–H and O–H groups in total. The molecular formula is C28H29F2N7OS. The Balaban J connectivity index is 1.37. The normalized spacial score (nSPS) is 14.5. The van der Waals surface area contributed by atoms with E-state index >= 15 is 0 Å². The Morgan fingerprint density at radius 3 is 2.59 bits per heavy atom. The minimum atomic E-state index is -0.742. The number of anilines is 1. The molecule has 11 heteroatoms. The number of ether oxygens (including phenoxy) is 1. The van der Waals surface area contributed by atoms with Crippen molar-refractivity contribution in [2.45, 2.75) is 6.54 Å². The Kier molecular flexibility index (Phi) is 8.50. The summed E-state index contributed by atoms with van der Waals surface area (Å²) < 4.78 is 38.5. The third-order valence-electron chi connectivity index (χ3n) is 6.47. The summed E-state index contributed by atoms with van der Waals surface area (Å²) in [7, 11) is 0. The quantitative estimate of drug-likeness (QED) is 0.291. The molecule has 202 valence electrons. The van der Waals surface area contributed by atoms with Crippen LogP contribution in [0.4, 0.5) is 14.5 Å². The maximum Gasteiger partial charge on any atom is 0.152 e. The van der Waals surface area contributed by atoms with Gasteiger partial charge in [0.2, 0.25) is 0 Å². The van der Waals surface area contributed by atoms with Gasteiger partial charge in [-0.2, -0.15) is 5.10 Å². The molecule has 4 heterocycles. The molecule has 1 aliphatic rings. The lowest BCUT2D eigenvalue weighted by atomic mass is 9.98. The minimum absolute atomic E-state index is 0.0488. The lowest BCUT2D eigenvalue weighted by Crippen LogP contribution is -2.38. The summed E-state index contributed by atoms with van der Waals surface area (Å²) in [6, 6.07) is 10.1. The zero-order chi connectivity index (χ0) is 27.2. The number of halogens is 2. The van der Waals surface area contributed by atoms with Crippen molar-refractivity contribution in [1.29, 1.82) is 0 Å². The van der Waals surface area contributed by atoms with Crippen molar-refractivity contribution in [3.63, 3.8) is 0 Å². The molecule has 1 aromatic carbocycles. The van der Waals surface area contributed by atoms with Gasteiger partial charge in [-0.25, -0.2) is 8.78 Å². The predicted molar refractivity (Wildman–Crippen MR) is 151 cm³/mol. The minimum Gasteiger partial charge on any atom is -0.404 e. The number of nitrogens with two attached hydrogens (primary N) is 1. The Morgan fingerprint density at radius 1 is 1.03 bits per heavy atom. The highest BCUT2D eigenvalue weighted by Gasteiger charge is 2.15. The van der Waals surface area contributed by atoms with Crippen LogP contribution in [0, 0.1) is 11.6 Å². The van der Waals surface area contributed by atoms with E-state index in [2.05, 4.69) is 24.7 Å². The molecule has 0 aliphatic carbocycles. The number of benzene rings is 1. The second-order valence-electron chi connectivity index (χ2n) is 9.05. The largest absolute Gasteiger partial charge is 0.404 e. The number of aromatic nitrogens is 4. The summed E-state index contributed by atoms with van der Waals surface area (Å²) in [5, 5.41) is 4.51. The predicted octanol–water partition coefficient (Wildman–Crippen LogP) is 4.66. The zero-order valence-corrected chi connectivity index (χ0v) is 22.3. The number of hydrogen-bond donors (Lipinski definition) is 2. The molecule has 0 saturated carbocycles. The SMILES string of the molecule is CSNc1cc(C(=CN)c2ccc(-c3cnn(CCN4CCOCC4)c3)cn2)cc(-c2ncc(F)cc2F)c1. The summed E-state index contributed by atoms with van der Waals surface area (Å²) in [6.45, 7) is 5.18.